The molecule has 3 aliphatic rings. The molecule has 20 heteroatoms. The van der Waals surface area contributed by atoms with E-state index in [-0.39, 0.29) is 31.6 Å². The molecular weight excluding hydrogens is 963 g/mol. The van der Waals surface area contributed by atoms with E-state index in [0.29, 0.717) is 39.0 Å². The Morgan fingerprint density at radius 1 is 0.676 bits per heavy atom. The summed E-state index contributed by atoms with van der Waals surface area (Å²) in [4.78, 5) is 27.9. The van der Waals surface area contributed by atoms with Crippen LogP contribution >= 0.6 is 0 Å². The van der Waals surface area contributed by atoms with Gasteiger partial charge in [0.1, 0.15) is 18.1 Å². The number of carbonyl (C=O) groups excluding carboxylic acids is 2. The van der Waals surface area contributed by atoms with Crippen molar-refractivity contribution in [3.05, 3.63) is 85.1 Å². The molecule has 0 spiro atoms. The normalized spacial score (nSPS) is 41.5. The number of hydrogen-bond donors (Lipinski definition) is 12. The van der Waals surface area contributed by atoms with Crippen molar-refractivity contribution >= 4 is 11.9 Å². The number of carbonyl (C=O) groups is 2. The van der Waals surface area contributed by atoms with Gasteiger partial charge in [-0.1, -0.05) is 98.9 Å². The highest BCUT2D eigenvalue weighted by molar-refractivity contribution is 5.74. The van der Waals surface area contributed by atoms with Crippen LogP contribution < -0.4 is 11.5 Å². The van der Waals surface area contributed by atoms with Crippen LogP contribution in [0, 0.1) is 17.8 Å². The minimum Gasteiger partial charge on any atom is -0.469 e. The van der Waals surface area contributed by atoms with Crippen LogP contribution in [-0.4, -0.2) is 199 Å². The molecule has 0 saturated carbocycles. The molecule has 0 aromatic carbocycles. The van der Waals surface area contributed by atoms with Crippen molar-refractivity contribution in [2.75, 3.05) is 33.3 Å². The first-order valence-corrected chi connectivity index (χ1v) is 26.1. The van der Waals surface area contributed by atoms with E-state index in [2.05, 4.69) is 0 Å². The van der Waals surface area contributed by atoms with Crippen LogP contribution in [0.5, 0.6) is 0 Å². The fourth-order valence-corrected chi connectivity index (χ4v) is 9.47. The smallest absolute Gasteiger partial charge is 0.313 e. The third-order valence-corrected chi connectivity index (χ3v) is 13.8. The zero-order valence-electron chi connectivity index (χ0n) is 43.8. The molecule has 74 heavy (non-hydrogen) atoms. The van der Waals surface area contributed by atoms with E-state index >= 15 is 0 Å². The summed E-state index contributed by atoms with van der Waals surface area (Å²) in [6.45, 7) is 8.52. The number of aliphatic hydroxyl groups excluding tert-OH is 9. The van der Waals surface area contributed by atoms with Gasteiger partial charge in [0.15, 0.2) is 12.1 Å². The van der Waals surface area contributed by atoms with Gasteiger partial charge in [0.2, 0.25) is 0 Å². The summed E-state index contributed by atoms with van der Waals surface area (Å²) in [5, 5.41) is 112. The minimum absolute atomic E-state index is 0.0993. The van der Waals surface area contributed by atoms with Gasteiger partial charge in [-0.2, -0.15) is 0 Å². The summed E-state index contributed by atoms with van der Waals surface area (Å²) in [5.41, 5.74) is 11.7. The Kier molecular flexibility index (Phi) is 29.4. The largest absolute Gasteiger partial charge is 0.469 e. The van der Waals surface area contributed by atoms with Gasteiger partial charge in [-0.15, -0.1) is 0 Å². The van der Waals surface area contributed by atoms with Gasteiger partial charge >= 0.3 is 11.9 Å². The molecule has 3 aliphatic heterocycles. The lowest BCUT2D eigenvalue weighted by atomic mass is 9.82. The monoisotopic (exact) mass is 1050 g/mol. The Morgan fingerprint density at radius 2 is 1.24 bits per heavy atom. The van der Waals surface area contributed by atoms with Crippen molar-refractivity contribution in [3.63, 3.8) is 0 Å². The van der Waals surface area contributed by atoms with Crippen molar-refractivity contribution in [2.24, 2.45) is 29.2 Å². The second-order valence-electron chi connectivity index (χ2n) is 20.0. The second kappa shape index (κ2) is 33.6. The van der Waals surface area contributed by atoms with E-state index in [9.17, 15) is 60.7 Å². The number of methoxy groups -OCH3 is 1. The minimum atomic E-state index is -2.29. The molecule has 422 valence electrons. The maximum atomic E-state index is 13.3. The van der Waals surface area contributed by atoms with Crippen molar-refractivity contribution in [2.45, 2.75) is 189 Å². The van der Waals surface area contributed by atoms with Crippen molar-refractivity contribution in [1.82, 2.24) is 4.90 Å². The lowest BCUT2D eigenvalue weighted by Gasteiger charge is -2.47. The lowest BCUT2D eigenvalue weighted by molar-refractivity contribution is -0.312. The molecule has 12 unspecified atom stereocenters. The average Bonchev–Trinajstić information content (AvgIpc) is 3.33. The summed E-state index contributed by atoms with van der Waals surface area (Å²) in [7, 11) is 1.13. The molecule has 0 aromatic rings. The van der Waals surface area contributed by atoms with Crippen LogP contribution in [0.15, 0.2) is 85.1 Å². The number of rotatable bonds is 10. The summed E-state index contributed by atoms with van der Waals surface area (Å²) in [6.07, 6.45) is 5.90. The summed E-state index contributed by atoms with van der Waals surface area (Å²) >= 11 is 0. The number of allylic oxidation sites excluding steroid dienone is 12. The van der Waals surface area contributed by atoms with Crippen LogP contribution in [0.1, 0.15) is 91.9 Å². The molecule has 3 heterocycles. The van der Waals surface area contributed by atoms with E-state index in [1.165, 1.54) is 0 Å². The zero-order valence-corrected chi connectivity index (χ0v) is 43.8. The molecule has 2 bridgehead atoms. The van der Waals surface area contributed by atoms with Crippen LogP contribution in [-0.2, 0) is 33.3 Å². The molecule has 0 aliphatic carbocycles. The predicted molar refractivity (Wildman–Crippen MR) is 276 cm³/mol. The molecule has 0 amide bonds. The molecule has 14 N–H and O–H groups in total. The molecular formula is C54H89N3O17. The highest BCUT2D eigenvalue weighted by Crippen LogP contribution is 2.39. The average molecular weight is 1050 g/mol. The van der Waals surface area contributed by atoms with Crippen LogP contribution in [0.4, 0.5) is 0 Å². The zero-order chi connectivity index (χ0) is 55.0. The molecule has 0 radical (unpaired) electrons. The standard InChI is InChI=1S/C54H89N3O17/c1-34-20-16-14-12-10-8-6-7-9-11-13-15-17-21-41(73-53-51(67)48(50(66)37(4)72-53)57(26-18-24-55)27-19-25-56)31-45-47(52(68)70-5)44(63)33-54(69,74-45)32-40(60)29-43(62)42(61)23-22-38(58)28-39(59)30-46(64)71-36(3)35(2)49(34)65/h6-17,20-21,34-45,47-51,53,58-63,65-67,69H,18-19,22-33,55-56H2,1-5H3/b7-6+,10-8+,11-9+,14-12+,15-13+,20-16+,21-17+/t34?,35-,36-,37+,38?,39?,40?,41?,42?,43?,44-,45?,47?,48-,49?,50?,51-,53-,54?/m0/s1. The Hall–Kier alpha value is -3.52. The highest BCUT2D eigenvalue weighted by Gasteiger charge is 2.52. The molecule has 2 saturated heterocycles. The lowest BCUT2D eigenvalue weighted by Crippen LogP contribution is -2.64. The first kappa shape index (κ1) is 64.8. The maximum Gasteiger partial charge on any atom is 0.313 e. The first-order valence-electron chi connectivity index (χ1n) is 26.1. The number of nitrogens with zero attached hydrogens (tertiary/aromatic N) is 1. The highest BCUT2D eigenvalue weighted by atomic mass is 16.7. The quantitative estimate of drug-likeness (QED) is 0.135. The van der Waals surface area contributed by atoms with Gasteiger partial charge in [-0.3, -0.25) is 14.5 Å². The Balaban J connectivity index is 1.96. The molecule has 20 nitrogen and oxygen atoms in total. The van der Waals surface area contributed by atoms with Gasteiger partial charge in [0.05, 0.1) is 86.7 Å². The van der Waals surface area contributed by atoms with Crippen LogP contribution in [0.3, 0.4) is 0 Å². The summed E-state index contributed by atoms with van der Waals surface area (Å²) in [5.74, 6) is -5.98. The van der Waals surface area contributed by atoms with Crippen LogP contribution in [0.2, 0.25) is 0 Å². The molecule has 2 fully saturated rings. The number of cyclic esters (lactones) is 1. The first-order chi connectivity index (χ1) is 35.1. The number of fused-ring (bicyclic) bond motifs is 2. The molecule has 19 atom stereocenters. The predicted octanol–water partition coefficient (Wildman–Crippen LogP) is 0.841. The fourth-order valence-electron chi connectivity index (χ4n) is 9.47. The Bertz CT molecular complexity index is 1840. The van der Waals surface area contributed by atoms with Crippen molar-refractivity contribution < 1.29 is 84.3 Å². The third kappa shape index (κ3) is 21.8. The van der Waals surface area contributed by atoms with Crippen LogP contribution in [0.25, 0.3) is 0 Å². The van der Waals surface area contributed by atoms with Crippen molar-refractivity contribution in [1.29, 1.82) is 0 Å². The van der Waals surface area contributed by atoms with E-state index in [1.54, 1.807) is 63.3 Å². The van der Waals surface area contributed by atoms with E-state index in [1.807, 2.05) is 54.4 Å². The maximum absolute atomic E-state index is 13.3. The van der Waals surface area contributed by atoms with E-state index in [4.69, 9.17) is 35.2 Å². The number of aliphatic hydroxyl groups is 10. The number of ether oxygens (including phenoxy) is 5. The second-order valence-corrected chi connectivity index (χ2v) is 20.0. The topological polar surface area (TPSA) is 338 Å². The van der Waals surface area contributed by atoms with Gasteiger partial charge in [-0.05, 0) is 72.1 Å². The Labute approximate surface area is 437 Å². The third-order valence-electron chi connectivity index (χ3n) is 13.8. The molecule has 0 aromatic heterocycles. The summed E-state index contributed by atoms with van der Waals surface area (Å²) in [6, 6.07) is -0.848. The summed E-state index contributed by atoms with van der Waals surface area (Å²) < 4.78 is 29.3. The van der Waals surface area contributed by atoms with Crippen molar-refractivity contribution in [3.8, 4) is 0 Å². The van der Waals surface area contributed by atoms with Gasteiger partial charge in [0.25, 0.3) is 0 Å². The van der Waals surface area contributed by atoms with E-state index in [0.717, 1.165) is 7.11 Å². The van der Waals surface area contributed by atoms with Gasteiger partial charge in [-0.25, -0.2) is 0 Å². The van der Waals surface area contributed by atoms with E-state index < -0.39 is 147 Å². The SMILES string of the molecule is COC(=O)C1C2CC(O[C@@H]3O[C@H](C)C(O)[C@H](N(CCCN)CCCN)[C@@H]3O)/C=C/C=C/C=C/C=C/C=C/C=C/C=C/C(C)C(O)[C@@H](C)[C@H](C)OC(=O)CC(O)CC(O)CCC(O)C(O)CC(O)CC(O)(C[C@@H]1O)O2. The van der Waals surface area contributed by atoms with Gasteiger partial charge < -0.3 is 86.2 Å². The number of esters is 2. The number of hydrogen-bond acceptors (Lipinski definition) is 20. The number of nitrogens with two attached hydrogens (primary N) is 2. The Morgan fingerprint density at radius 3 is 1.81 bits per heavy atom. The fraction of sp³-hybridized carbons (Fsp3) is 0.704. The van der Waals surface area contributed by atoms with Gasteiger partial charge in [0, 0.05) is 37.5 Å². The molecule has 3 rings (SSSR count).